The molecule has 4 aromatic carbocycles. The average Bonchev–Trinajstić information content (AvgIpc) is 0.865. The minimum atomic E-state index is -0.886. The van der Waals surface area contributed by atoms with Gasteiger partial charge in [-0.25, -0.2) is 27.5 Å². The van der Waals surface area contributed by atoms with Crippen LogP contribution in [0.4, 0.5) is 11.6 Å². The fraction of sp³-hybridized carbons (Fsp3) is 0.567. The van der Waals surface area contributed by atoms with Crippen molar-refractivity contribution in [2.45, 2.75) is 123 Å². The molecular formula is C97H133BrLiN15O16. The Morgan fingerprint density at radius 3 is 1.39 bits per heavy atom. The van der Waals surface area contributed by atoms with Gasteiger partial charge in [-0.1, -0.05) is 113 Å². The average molecular weight is 1850 g/mol. The number of piperidine rings is 1. The number of anilines is 2. The number of carboxylic acid groups (broad SMARTS) is 1. The van der Waals surface area contributed by atoms with Crippen molar-refractivity contribution in [3.05, 3.63) is 189 Å². The molecule has 0 spiro atoms. The molecule has 10 aliphatic heterocycles. The van der Waals surface area contributed by atoms with Crippen molar-refractivity contribution in [2.24, 2.45) is 5.92 Å². The predicted octanol–water partition coefficient (Wildman–Crippen LogP) is 7.74. The van der Waals surface area contributed by atoms with E-state index in [1.54, 1.807) is 32.1 Å². The maximum Gasteiger partial charge on any atom is 1.00 e. The fourth-order valence-corrected chi connectivity index (χ4v) is 17.6. The summed E-state index contributed by atoms with van der Waals surface area (Å²) in [6.45, 7) is 48.2. The van der Waals surface area contributed by atoms with E-state index in [4.69, 9.17) is 80.8 Å². The van der Waals surface area contributed by atoms with Crippen molar-refractivity contribution in [1.82, 2.24) is 54.7 Å². The number of carbonyl (C=O) groups excluding carboxylic acids is 3. The van der Waals surface area contributed by atoms with Gasteiger partial charge in [-0.05, 0) is 137 Å². The molecule has 3 N–H and O–H groups in total. The van der Waals surface area contributed by atoms with E-state index in [0.29, 0.717) is 127 Å². The third-order valence-corrected chi connectivity index (χ3v) is 24.7. The zero-order valence-electron chi connectivity index (χ0n) is 77.2. The van der Waals surface area contributed by atoms with Crippen LogP contribution in [-0.4, -0.2) is 331 Å². The molecule has 10 aliphatic rings. The maximum atomic E-state index is 13.4. The molecule has 130 heavy (non-hydrogen) atoms. The standard InChI is InChI=1S/C38H47N7O4.C31H37N5O2.C10H17NO3.C8H13NO3.C6H9BrO2.C4H9NO.Li.H2O/c1-27-8-4-9-28-10-5-12-31(36(27)28)34-22-33-32(26-48-34)37(41-38(40-33)49-25-29-11-6-14-42(29)3)44-16-17-45(30(24-44)23-39-2)35(46)13-7-15-43-18-20-47-21-19-43;1-21-8-4-10-23-11-5-13-25(29(21)23)28-16-27-26(20-37-28)30(36-15-6-9-22(18-36)17-32-2)34-31(33-27)38-19-24-12-7-14-35(24)3;1-2-14-10(12)4-3-5-11-6-8-13-9-7-11;10-8(11)2-1-3-9-4-6-12-7-5-9;1-2-9-6(8)4-3-5-7;1-3-6-4-2-5-1;;/h4-5,7-10,12-13,29-30,34H,6,11,14-26H2,1,3H3;4-5,8,10-11,13,22,24,28H,6-7,9,12,14-20H2,1,3H3;3-4H,2,5-9H2,1H3;1-2H,3-7H2,(H,10,11);3-4H,2,5H2,1H3;5H,1-4H2;;1H2/q;;;;;;+1;/p-1/b13-7+;;4-3+;2-1+;4-3+;;;/t29-,30-,34?;22-,24-,28?;;;;;;/m00....../s1. The van der Waals surface area contributed by atoms with E-state index in [0.717, 1.165) is 204 Å². The molecule has 16 rings (SSSR count). The first-order chi connectivity index (χ1) is 62.5. The van der Waals surface area contributed by atoms with Gasteiger partial charge in [0.15, 0.2) is 0 Å². The van der Waals surface area contributed by atoms with Crippen LogP contribution in [0.3, 0.4) is 0 Å². The maximum absolute atomic E-state index is 13.4. The number of nitrogens with one attached hydrogen (secondary N) is 1. The number of esters is 2. The molecule has 0 aliphatic carbocycles. The molecule has 33 heteroatoms. The van der Waals surface area contributed by atoms with E-state index in [1.165, 1.54) is 68.4 Å². The SMILES string of the molecule is C1COCCN1.CCOC(=O)/C=C/CBr.CCOC(=O)/C=C/CN1CCOCC1.O=C(O)/C=C/CN1CCOCC1.[C-]#[N+]C[C@@H]1CCCN(c2nc(OC[C@@H]3CCCN3C)nc3c2COC(c2cccc4cccc(C)c24)C3)C1.[C-]#[N+]C[C@H]1CN(c2nc(OC[C@@H]3CCCN3C)nc3c2COC(c2cccc4cccc(C)c24)C3)CCN1C(=O)/C=C/CN1CCOCC1.[Li+].[OH-]. The van der Waals surface area contributed by atoms with Gasteiger partial charge in [0, 0.05) is 176 Å². The molecule has 0 bridgehead atoms. The number of likely N-dealkylation sites (N-methyl/N-ethyl adjacent to an activating group) is 2. The molecule has 2 aromatic heterocycles. The van der Waals surface area contributed by atoms with E-state index in [-0.39, 0.29) is 67.0 Å². The number of carboxylic acids is 1. The second-order valence-electron chi connectivity index (χ2n) is 33.2. The Morgan fingerprint density at radius 2 is 0.969 bits per heavy atom. The topological polar surface area (TPSA) is 309 Å². The Bertz CT molecular complexity index is 4710. The Labute approximate surface area is 787 Å². The molecule has 6 atom stereocenters. The third-order valence-electron chi connectivity index (χ3n) is 24.3. The number of alkyl halides is 1. The quantitative estimate of drug-likeness (QED) is 0.0182. The number of piperazine rings is 1. The summed E-state index contributed by atoms with van der Waals surface area (Å²) in [4.78, 5) is 90.1. The van der Waals surface area contributed by atoms with Crippen LogP contribution in [0.1, 0.15) is 109 Å². The molecule has 6 aromatic rings. The molecule has 12 heterocycles. The van der Waals surface area contributed by atoms with Crippen LogP contribution < -0.4 is 43.5 Å². The van der Waals surface area contributed by atoms with E-state index in [9.17, 15) is 19.2 Å². The number of benzene rings is 4. The van der Waals surface area contributed by atoms with E-state index >= 15 is 0 Å². The van der Waals surface area contributed by atoms with Crippen molar-refractivity contribution >= 4 is 72.9 Å². The number of carbonyl (C=O) groups is 4. The molecule has 0 radical (unpaired) electrons. The summed E-state index contributed by atoms with van der Waals surface area (Å²) in [6, 6.07) is 27.1. The van der Waals surface area contributed by atoms with Crippen molar-refractivity contribution in [1.29, 1.82) is 0 Å². The number of allylic oxidation sites excluding steroid dienone is 1. The number of aryl methyl sites for hydroxylation is 2. The second kappa shape index (κ2) is 56.9. The fourth-order valence-electron chi connectivity index (χ4n) is 17.4. The van der Waals surface area contributed by atoms with Crippen molar-refractivity contribution in [2.75, 3.05) is 239 Å². The largest absolute Gasteiger partial charge is 1.00 e. The smallest absolute Gasteiger partial charge is 0.870 e. The molecule has 1 amide bonds. The summed E-state index contributed by atoms with van der Waals surface area (Å²) in [5.41, 5.74) is 8.88. The van der Waals surface area contributed by atoms with Crippen molar-refractivity contribution in [3.8, 4) is 12.0 Å². The number of amides is 1. The van der Waals surface area contributed by atoms with Gasteiger partial charge in [-0.15, -0.1) is 0 Å². The van der Waals surface area contributed by atoms with Gasteiger partial charge < -0.3 is 97.5 Å². The van der Waals surface area contributed by atoms with Gasteiger partial charge in [0.2, 0.25) is 19.0 Å². The summed E-state index contributed by atoms with van der Waals surface area (Å²) in [7, 11) is 4.31. The summed E-state index contributed by atoms with van der Waals surface area (Å²) in [6.07, 6.45) is 20.7. The van der Waals surface area contributed by atoms with E-state index < -0.39 is 5.97 Å². The molecule has 700 valence electrons. The number of hydrogen-bond acceptors (Lipinski definition) is 27. The van der Waals surface area contributed by atoms with Crippen LogP contribution in [0.25, 0.3) is 31.2 Å². The molecule has 2 unspecified atom stereocenters. The number of likely N-dealkylation sites (tertiary alicyclic amines) is 2. The zero-order valence-corrected chi connectivity index (χ0v) is 78.8. The monoisotopic (exact) mass is 1850 g/mol. The van der Waals surface area contributed by atoms with Crippen LogP contribution >= 0.6 is 15.9 Å². The van der Waals surface area contributed by atoms with Crippen LogP contribution in [0.2, 0.25) is 0 Å². The Morgan fingerprint density at radius 1 is 0.531 bits per heavy atom. The van der Waals surface area contributed by atoms with Gasteiger partial charge in [-0.3, -0.25) is 19.5 Å². The van der Waals surface area contributed by atoms with Gasteiger partial charge in [0.25, 0.3) is 0 Å². The van der Waals surface area contributed by atoms with Crippen LogP contribution in [-0.2, 0) is 83.1 Å². The van der Waals surface area contributed by atoms with Crippen LogP contribution in [0, 0.1) is 32.9 Å². The second-order valence-corrected chi connectivity index (χ2v) is 33.9. The summed E-state index contributed by atoms with van der Waals surface area (Å²) < 4.78 is 56.0. The summed E-state index contributed by atoms with van der Waals surface area (Å²) in [5.74, 6) is 0.622. The van der Waals surface area contributed by atoms with Crippen molar-refractivity contribution < 1.29 is 96.0 Å². The van der Waals surface area contributed by atoms with E-state index in [2.05, 4.69) is 171 Å². The molecule has 0 saturated carbocycles. The molecule has 8 saturated heterocycles. The van der Waals surface area contributed by atoms with E-state index in [1.807, 2.05) is 17.1 Å². The first kappa shape index (κ1) is 105. The number of aliphatic carboxylic acids is 1. The Hall–Kier alpha value is -8.86. The minimum absolute atomic E-state index is 0. The van der Waals surface area contributed by atoms with Gasteiger partial charge >= 0.3 is 48.8 Å². The number of nitrogens with zero attached hydrogens (tertiary/aromatic N) is 14. The summed E-state index contributed by atoms with van der Waals surface area (Å²) in [5, 5.41) is 17.1. The number of fused-ring (bicyclic) bond motifs is 4. The molecule has 8 fully saturated rings. The first-order valence-corrected chi connectivity index (χ1v) is 46.7. The predicted molar refractivity (Wildman–Crippen MR) is 500 cm³/mol. The number of halogens is 1. The number of ether oxygens (including phenoxy) is 10. The normalized spacial score (nSPS) is 21.5. The van der Waals surface area contributed by atoms with Gasteiger partial charge in [0.1, 0.15) is 30.9 Å². The Balaban J connectivity index is 0.000000205. The van der Waals surface area contributed by atoms with Crippen molar-refractivity contribution in [3.63, 3.8) is 0 Å². The van der Waals surface area contributed by atoms with Gasteiger partial charge in [0.05, 0.1) is 103 Å². The number of hydrogen-bond donors (Lipinski definition) is 2. The number of rotatable bonds is 25. The minimum Gasteiger partial charge on any atom is -0.870 e. The first-order valence-electron chi connectivity index (χ1n) is 45.6. The van der Waals surface area contributed by atoms with Crippen LogP contribution in [0.15, 0.2) is 121 Å². The van der Waals surface area contributed by atoms with Gasteiger partial charge in [-0.2, -0.15) is 19.9 Å². The zero-order chi connectivity index (χ0) is 90.2. The molecular weight excluding hydrogens is 1720 g/mol. The Kier molecular flexibility index (Phi) is 45.9. The molecule has 31 nitrogen and oxygen atoms in total. The number of aromatic nitrogens is 4. The number of morpholine rings is 4. The third kappa shape index (κ3) is 32.5. The van der Waals surface area contributed by atoms with Crippen LogP contribution in [0.5, 0.6) is 12.0 Å². The summed E-state index contributed by atoms with van der Waals surface area (Å²) >= 11 is 3.13.